The highest BCUT2D eigenvalue weighted by Crippen LogP contribution is 2.10. The minimum atomic E-state index is -2.08. The van der Waals surface area contributed by atoms with Crippen molar-refractivity contribution in [1.29, 1.82) is 0 Å². The topological polar surface area (TPSA) is 770 Å². The van der Waals surface area contributed by atoms with E-state index in [9.17, 15) is 120 Å². The molecule has 46 heteroatoms. The number of rotatable bonds is 58. The number of carbonyl (C=O) groups excluding carboxylic acids is 8. The first-order valence-corrected chi connectivity index (χ1v) is 32.6. The van der Waals surface area contributed by atoms with E-state index in [0.29, 0.717) is 91.6 Å². The fraction of sp³-hybridized carbons (Fsp3) is 0.857. The molecular weight excluding hydrogens is 1370 g/mol. The average Bonchev–Trinajstić information content (AvgIpc) is 0.892. The second kappa shape index (κ2) is 67.4. The third kappa shape index (κ3) is 50.1. The van der Waals surface area contributed by atoms with Gasteiger partial charge in [0.25, 0.3) is 23.6 Å². The maximum Gasteiger partial charge on any atom is 0.337 e. The Balaban J connectivity index is -0.000000633. The zero-order chi connectivity index (χ0) is 78.4. The van der Waals surface area contributed by atoms with Crippen LogP contribution in [0.4, 0.5) is 0 Å². The number of hydrogen-bond donors (Lipinski definition) is 34. The molecule has 604 valence electrons. The summed E-state index contributed by atoms with van der Waals surface area (Å²) in [5.74, 6) is -8.55. The minimum Gasteiger partial charge on any atom is -0.467 e. The number of amides is 4. The lowest BCUT2D eigenvalue weighted by molar-refractivity contribution is -0.169. The molecule has 0 aliphatic rings. The van der Waals surface area contributed by atoms with E-state index < -0.39 is 145 Å². The first kappa shape index (κ1) is 103. The van der Waals surface area contributed by atoms with Crippen molar-refractivity contribution in [2.45, 2.75) is 97.7 Å². The molecule has 0 spiro atoms. The fourth-order valence-electron chi connectivity index (χ4n) is 7.39. The molecule has 0 aromatic carbocycles. The van der Waals surface area contributed by atoms with Crippen molar-refractivity contribution in [3.8, 4) is 0 Å². The molecule has 0 aromatic heterocycles. The van der Waals surface area contributed by atoms with E-state index >= 15 is 0 Å². The largest absolute Gasteiger partial charge is 0.467 e. The number of esters is 4. The SMILES string of the molecule is COC(=O)[C@@H](O)[C@@H](O)[C@H](O)[C@@H](O)C(=O)NCCNCCN.COC(=O)[C@@H](O)[C@@H](O)[C@H](O)[C@@H](O)C(=O)NCCNCCNCCN.COC(=O)[C@@H](O)[C@@H](O)[C@H](O)[C@@H](O)C(=O)NCCNCCNCCNCCN.COC(=O)[C@H](O)[C@@H](O)[C@H](O)[C@@H](O)C(=O)NCCNCCNCCNCCNCCN. The normalized spacial score (nSPS) is 15.8. The lowest BCUT2D eigenvalue weighted by Crippen LogP contribution is -2.53. The Kier molecular flexibility index (Phi) is 68.0. The van der Waals surface area contributed by atoms with Crippen LogP contribution in [0, 0.1) is 0 Å². The monoisotopic (exact) mass is 1490 g/mol. The van der Waals surface area contributed by atoms with Gasteiger partial charge in [-0.2, -0.15) is 0 Å². The Morgan fingerprint density at radius 2 is 0.333 bits per heavy atom. The summed E-state index contributed by atoms with van der Waals surface area (Å²) in [6, 6.07) is 0. The third-order valence-corrected chi connectivity index (χ3v) is 13.4. The second-order valence-electron chi connectivity index (χ2n) is 21.4. The molecule has 0 saturated carbocycles. The summed E-state index contributed by atoms with van der Waals surface area (Å²) in [5.41, 5.74) is 21.3. The second-order valence-corrected chi connectivity index (χ2v) is 21.4. The highest BCUT2D eigenvalue weighted by atomic mass is 16.6. The van der Waals surface area contributed by atoms with Crippen molar-refractivity contribution in [2.24, 2.45) is 22.9 Å². The van der Waals surface area contributed by atoms with Crippen LogP contribution in [0.15, 0.2) is 0 Å². The predicted octanol–water partition coefficient (Wildman–Crippen LogP) is -21.4. The molecule has 16 atom stereocenters. The number of nitrogens with one attached hydrogen (secondary N) is 14. The number of nitrogens with two attached hydrogens (primary N) is 4. The predicted molar refractivity (Wildman–Crippen MR) is 361 cm³/mol. The molecule has 0 aliphatic carbocycles. The molecular formula is C56H122N18O28. The summed E-state index contributed by atoms with van der Waals surface area (Å²) >= 11 is 0. The van der Waals surface area contributed by atoms with Crippen LogP contribution in [-0.2, 0) is 57.3 Å². The molecule has 0 unspecified atom stereocenters. The molecule has 0 rings (SSSR count). The van der Waals surface area contributed by atoms with Crippen molar-refractivity contribution >= 4 is 47.5 Å². The maximum atomic E-state index is 11.8. The first-order chi connectivity index (χ1) is 48.4. The number of aliphatic hydroxyl groups excluding tert-OH is 16. The minimum absolute atomic E-state index is 0.165. The molecule has 0 aromatic rings. The van der Waals surface area contributed by atoms with Gasteiger partial charge in [-0.15, -0.1) is 0 Å². The molecule has 4 amide bonds. The van der Waals surface area contributed by atoms with Gasteiger partial charge in [-0.1, -0.05) is 0 Å². The van der Waals surface area contributed by atoms with E-state index in [-0.39, 0.29) is 26.2 Å². The molecule has 46 nitrogen and oxygen atoms in total. The maximum absolute atomic E-state index is 11.8. The Labute approximate surface area is 591 Å². The summed E-state index contributed by atoms with van der Waals surface area (Å²) < 4.78 is 16.8. The van der Waals surface area contributed by atoms with Crippen LogP contribution in [0.5, 0.6) is 0 Å². The Hall–Kier alpha value is -5.44. The van der Waals surface area contributed by atoms with E-state index in [4.69, 9.17) is 22.9 Å². The van der Waals surface area contributed by atoms with Gasteiger partial charge in [0, 0.05) is 183 Å². The van der Waals surface area contributed by atoms with Gasteiger partial charge in [-0.3, -0.25) is 19.2 Å². The highest BCUT2D eigenvalue weighted by Gasteiger charge is 2.41. The molecule has 0 radical (unpaired) electrons. The van der Waals surface area contributed by atoms with E-state index in [2.05, 4.69) is 93.4 Å². The van der Waals surface area contributed by atoms with Crippen molar-refractivity contribution in [3.63, 3.8) is 0 Å². The Bertz CT molecular complexity index is 2140. The summed E-state index contributed by atoms with van der Waals surface area (Å²) in [5, 5.41) is 194. The molecule has 0 bridgehead atoms. The van der Waals surface area contributed by atoms with Gasteiger partial charge in [0.15, 0.2) is 48.8 Å². The van der Waals surface area contributed by atoms with Gasteiger partial charge in [0.05, 0.1) is 28.4 Å². The number of ether oxygens (including phenoxy) is 4. The summed E-state index contributed by atoms with van der Waals surface area (Å²) in [6.45, 7) is 16.7. The Morgan fingerprint density at radius 1 is 0.216 bits per heavy atom. The summed E-state index contributed by atoms with van der Waals surface area (Å²) in [4.78, 5) is 90.9. The van der Waals surface area contributed by atoms with Crippen LogP contribution >= 0.6 is 0 Å². The molecule has 102 heavy (non-hydrogen) atoms. The van der Waals surface area contributed by atoms with Crippen molar-refractivity contribution < 1.29 is 139 Å². The van der Waals surface area contributed by atoms with E-state index in [1.807, 2.05) is 0 Å². The number of aliphatic hydroxyl groups is 16. The van der Waals surface area contributed by atoms with Gasteiger partial charge in [-0.25, -0.2) is 19.2 Å². The zero-order valence-corrected chi connectivity index (χ0v) is 58.4. The van der Waals surface area contributed by atoms with Crippen LogP contribution in [0.3, 0.4) is 0 Å². The smallest absolute Gasteiger partial charge is 0.337 e. The standard InChI is InChI=1S/C17H38N6O7.C15H33N5O7.C13H28N4O7.C11H23N3O7/c1-30-17(29)15(27)13(25)12(24)14(26)16(28)23-11-10-22-9-8-21-7-6-20-5-4-19-3-2-18;1-27-15(26)13(24)11(22)10(21)12(23)14(25)20-9-8-19-7-6-18-5-4-17-3-2-16;1-24-13(23)11(21)9(19)8(18)10(20)12(22)17-7-6-16-5-4-15-3-2-14;1-21-11(20)9(18)7(16)6(15)8(17)10(19)14-5-4-13-3-2-12/h12-15,19-22,24-27H,2-11,18H2,1H3,(H,23,28);10-13,17-19,21-24H,2-9,16H2,1H3,(H,20,25);8-11,15-16,18-21H,2-7,14H2,1H3,(H,17,22);6-9,13,15-18H,2-5,12H2,1H3,(H,14,19)/t12-,13-,14+,15+;10-,11-,12+,13-;8-,9-,10+,11-;6-,7-,8+,9-/m0000/s1. The van der Waals surface area contributed by atoms with Crippen LogP contribution in [0.25, 0.3) is 0 Å². The molecule has 0 aliphatic heterocycles. The van der Waals surface area contributed by atoms with Gasteiger partial charge < -0.3 is 198 Å². The average molecular weight is 1500 g/mol. The molecule has 38 N–H and O–H groups in total. The van der Waals surface area contributed by atoms with Crippen LogP contribution in [-0.4, -0.2) is 439 Å². The van der Waals surface area contributed by atoms with E-state index in [1.165, 1.54) is 0 Å². The van der Waals surface area contributed by atoms with E-state index in [1.54, 1.807) is 0 Å². The van der Waals surface area contributed by atoms with E-state index in [0.717, 1.165) is 93.9 Å². The van der Waals surface area contributed by atoms with Crippen molar-refractivity contribution in [1.82, 2.24) is 74.4 Å². The molecule has 0 fully saturated rings. The first-order valence-electron chi connectivity index (χ1n) is 32.6. The molecule has 0 saturated heterocycles. The molecule has 0 heterocycles. The van der Waals surface area contributed by atoms with Gasteiger partial charge in [-0.05, 0) is 0 Å². The third-order valence-electron chi connectivity index (χ3n) is 13.4. The number of hydrogen-bond acceptors (Lipinski definition) is 42. The quantitative estimate of drug-likeness (QED) is 0.0153. The lowest BCUT2D eigenvalue weighted by Gasteiger charge is -2.24. The fourth-order valence-corrected chi connectivity index (χ4v) is 7.39. The van der Waals surface area contributed by atoms with Crippen molar-refractivity contribution in [3.05, 3.63) is 0 Å². The van der Waals surface area contributed by atoms with Crippen LogP contribution in [0.1, 0.15) is 0 Å². The van der Waals surface area contributed by atoms with Gasteiger partial charge in [0.1, 0.15) is 48.8 Å². The van der Waals surface area contributed by atoms with Crippen molar-refractivity contribution in [2.75, 3.05) is 212 Å². The van der Waals surface area contributed by atoms with Crippen LogP contribution in [0.2, 0.25) is 0 Å². The zero-order valence-electron chi connectivity index (χ0n) is 58.4. The van der Waals surface area contributed by atoms with Crippen LogP contribution < -0.4 is 97.4 Å². The van der Waals surface area contributed by atoms with Gasteiger partial charge >= 0.3 is 23.9 Å². The number of methoxy groups -OCH3 is 4. The summed E-state index contributed by atoms with van der Waals surface area (Å²) in [7, 11) is 3.92. The summed E-state index contributed by atoms with van der Waals surface area (Å²) in [6.07, 6.45) is -32.8. The lowest BCUT2D eigenvalue weighted by atomic mass is 10.0. The highest BCUT2D eigenvalue weighted by molar-refractivity contribution is 5.83. The number of carbonyl (C=O) groups is 8. The van der Waals surface area contributed by atoms with Gasteiger partial charge in [0.2, 0.25) is 0 Å². The Morgan fingerprint density at radius 3 is 0.461 bits per heavy atom.